The fraction of sp³-hybridized carbons (Fsp3) is 0.671. The van der Waals surface area contributed by atoms with Crippen molar-refractivity contribution in [2.75, 3.05) is 32.7 Å². The van der Waals surface area contributed by atoms with Crippen LogP contribution in [0.1, 0.15) is 206 Å². The summed E-state index contributed by atoms with van der Waals surface area (Å²) in [5, 5.41) is 117. The van der Waals surface area contributed by atoms with Crippen LogP contribution in [0.4, 0.5) is 0 Å². The molecule has 4 aromatic rings. The SMILES string of the molecule is C.O=C(Cl)C1CCC1.O=C(Oc1ccc2c3c1O[C@H]1[C@@H](O)CC[C@@]4(O)[C@@H](C2)N(C(=O)C2CCC2)CC[C@]314)C1CCC1.O=C1CC[C@@]2(O)[C@H]3Cc4ccc(O)c5c4[C@@]2(CCN3)[C@H]1O5.Oc1ccc2c3c1O[C@H]1[C@@H](O)CC[C@@]4(O)[C@@H](C2)N(CC2CCC2)CC[C@]314.Oc1ccc2c3c1O[C@H]1[C@@H](O)CC[C@@]4(O)[C@@H](C2)NCC[C@]314. The second-order valence-corrected chi connectivity index (χ2v) is 36.4. The molecule has 1 amide bonds. The number of ether oxygens (including phenoxy) is 5. The molecule has 8 bridgehead atoms. The van der Waals surface area contributed by atoms with Gasteiger partial charge < -0.3 is 90.3 Å². The third kappa shape index (κ3) is 9.64. The number of amides is 1. The number of Topliss-reactive ketones (excluding diaryl/α,β-unsaturated/α-hetero) is 1. The number of aromatic hydroxyl groups is 3. The highest BCUT2D eigenvalue weighted by atomic mass is 35.5. The minimum Gasteiger partial charge on any atom is -0.504 e. The third-order valence-corrected chi connectivity index (χ3v) is 32.1. The molecule has 4 spiro atoms. The van der Waals surface area contributed by atoms with Crippen LogP contribution in [-0.2, 0) is 66.5 Å². The summed E-state index contributed by atoms with van der Waals surface area (Å²) in [7, 11) is 0. The van der Waals surface area contributed by atoms with E-state index >= 15 is 0 Å². The number of piperidine rings is 4. The standard InChI is InChI=1S/C26H31NO6.C21H27NO4.C16H19NO4.C16H17NO4.C5H7ClO.CH4/c28-17-9-10-26(31)19-13-16-7-8-18(32-24(30)15-5-2-6-15)21-20(16)25(26,22(17)33-21)11-12-27(19)23(29)14-3-1-4-14;23-14-5-4-13-10-16-21(25)7-6-15(24)19-20(21,17(13)18(14)26-19)8-9-22(16)11-12-2-1-3-12;2*18-9-2-1-8-7-11-16(20)4-3-10(19)14-15(16,5-6-17-11)12(8)13(9)21-14;6-5(7)4-2-1-3-4;/h7-8,14-15,17,19,22,28,31H,1-6,9-13H2;4-5,12,15-16,19,23-25H,1-3,6-11H2;1-2,10-11,14,17-20H,3-7H2;1-2,11,14,17-18,20H,3-7H2;4H,1-3H2;1H4/t17-,19+,22-,25-,26+;15-,16+,19-,20-,21+;10-,11+,14-,15-,16+;11-,14+,15+,16-;;/m0001../s1. The van der Waals surface area contributed by atoms with E-state index in [0.29, 0.717) is 112 Å². The highest BCUT2D eigenvalue weighted by Gasteiger charge is 2.77. The molecule has 12 aliphatic carbocycles. The van der Waals surface area contributed by atoms with E-state index in [0.717, 1.165) is 148 Å². The Kier molecular flexibility index (Phi) is 17.1. The largest absolute Gasteiger partial charge is 0.504 e. The Morgan fingerprint density at radius 3 is 1.44 bits per heavy atom. The first-order valence-electron chi connectivity index (χ1n) is 40.7. The molecular weight excluding hydrogens is 1420 g/mol. The number of aliphatic hydroxyl groups is 7. The quantitative estimate of drug-likeness (QED) is 0.0541. The minimum atomic E-state index is -1.16. The van der Waals surface area contributed by atoms with E-state index in [1.165, 1.54) is 31.2 Å². The van der Waals surface area contributed by atoms with Crippen molar-refractivity contribution < 1.29 is 93.9 Å². The van der Waals surface area contributed by atoms with Gasteiger partial charge in [0.25, 0.3) is 0 Å². The summed E-state index contributed by atoms with van der Waals surface area (Å²) < 4.78 is 30.3. The maximum absolute atomic E-state index is 13.3. The number of aliphatic hydroxyl groups excluding tert-OH is 3. The van der Waals surface area contributed by atoms with Gasteiger partial charge in [0, 0.05) is 71.7 Å². The van der Waals surface area contributed by atoms with Crippen LogP contribution in [0.15, 0.2) is 48.5 Å². The summed E-state index contributed by atoms with van der Waals surface area (Å²) in [6.07, 6.45) is 18.3. The monoisotopic (exact) mass is 1520 g/mol. The summed E-state index contributed by atoms with van der Waals surface area (Å²) in [6, 6.07) is 14.3. The summed E-state index contributed by atoms with van der Waals surface area (Å²) in [5.41, 5.74) is 1.63. The van der Waals surface area contributed by atoms with Gasteiger partial charge in [0.2, 0.25) is 11.1 Å². The maximum Gasteiger partial charge on any atom is 0.314 e. The van der Waals surface area contributed by atoms with Gasteiger partial charge in [-0.15, -0.1) is 0 Å². The number of carbonyl (C=O) groups excluding carboxylic acids is 4. The molecule has 586 valence electrons. The molecule has 0 radical (unpaired) electrons. The first-order chi connectivity index (χ1) is 51.9. The van der Waals surface area contributed by atoms with Gasteiger partial charge >= 0.3 is 5.97 Å². The average Bonchev–Trinajstić information content (AvgIpc) is 1.58. The Balaban J connectivity index is 0.0000000967. The second kappa shape index (κ2) is 25.6. The van der Waals surface area contributed by atoms with Gasteiger partial charge in [-0.3, -0.25) is 24.1 Å². The summed E-state index contributed by atoms with van der Waals surface area (Å²) in [4.78, 5) is 53.0. The number of carbonyl (C=O) groups is 4. The highest BCUT2D eigenvalue weighted by molar-refractivity contribution is 6.64. The fourth-order valence-electron chi connectivity index (χ4n) is 25.7. The van der Waals surface area contributed by atoms with E-state index in [2.05, 4.69) is 15.5 Å². The Morgan fingerprint density at radius 1 is 0.486 bits per heavy atom. The first-order valence-corrected chi connectivity index (χ1v) is 41.1. The molecule has 8 aliphatic heterocycles. The molecule has 24 rings (SSSR count). The van der Waals surface area contributed by atoms with E-state index in [1.807, 2.05) is 29.2 Å². The van der Waals surface area contributed by atoms with Crippen LogP contribution in [0.5, 0.6) is 46.0 Å². The van der Waals surface area contributed by atoms with E-state index < -0.39 is 86.8 Å². The molecule has 12 fully saturated rings. The molecule has 20 aliphatic rings. The Labute approximate surface area is 639 Å². The number of phenolic OH excluding ortho intramolecular Hbond substituents is 3. The van der Waals surface area contributed by atoms with Crippen LogP contribution in [0.25, 0.3) is 0 Å². The first kappa shape index (κ1) is 72.9. The van der Waals surface area contributed by atoms with Crippen molar-refractivity contribution in [2.24, 2.45) is 23.7 Å². The van der Waals surface area contributed by atoms with E-state index in [9.17, 15) is 70.2 Å². The summed E-state index contributed by atoms with van der Waals surface area (Å²) in [6.45, 7) is 4.13. The predicted octanol–water partition coefficient (Wildman–Crippen LogP) is 6.73. The van der Waals surface area contributed by atoms with Crippen LogP contribution in [0, 0.1) is 23.7 Å². The number of ketones is 1. The molecule has 23 nitrogen and oxygen atoms in total. The number of nitrogens with one attached hydrogen (secondary N) is 2. The third-order valence-electron chi connectivity index (χ3n) is 31.8. The molecule has 109 heavy (non-hydrogen) atoms. The highest BCUT2D eigenvalue weighted by Crippen LogP contribution is 2.70. The second-order valence-electron chi connectivity index (χ2n) is 36.0. The molecule has 8 saturated carbocycles. The smallest absolute Gasteiger partial charge is 0.314 e. The van der Waals surface area contributed by atoms with Crippen LogP contribution in [-0.4, -0.2) is 206 Å². The zero-order valence-corrected chi connectivity index (χ0v) is 61.8. The fourth-order valence-corrected chi connectivity index (χ4v) is 25.9. The van der Waals surface area contributed by atoms with E-state index in [-0.39, 0.29) is 89.5 Å². The van der Waals surface area contributed by atoms with Gasteiger partial charge in [-0.2, -0.15) is 0 Å². The van der Waals surface area contributed by atoms with Crippen molar-refractivity contribution in [3.63, 3.8) is 0 Å². The lowest BCUT2D eigenvalue weighted by Gasteiger charge is -2.64. The number of nitrogens with zero attached hydrogens (tertiary/aromatic N) is 2. The van der Waals surface area contributed by atoms with Gasteiger partial charge in [-0.25, -0.2) is 0 Å². The molecule has 12 N–H and O–H groups in total. The molecule has 0 aromatic heterocycles. The zero-order valence-electron chi connectivity index (χ0n) is 61.0. The number of benzene rings is 4. The molecule has 19 atom stereocenters. The van der Waals surface area contributed by atoms with Crippen molar-refractivity contribution in [3.05, 3.63) is 93.0 Å². The molecule has 4 saturated heterocycles. The summed E-state index contributed by atoms with van der Waals surface area (Å²) in [5.74, 6) is 3.66. The van der Waals surface area contributed by atoms with E-state index in [1.54, 1.807) is 24.3 Å². The Morgan fingerprint density at radius 2 is 0.927 bits per heavy atom. The Bertz CT molecular complexity index is 4430. The van der Waals surface area contributed by atoms with Gasteiger partial charge in [0.15, 0.2) is 57.9 Å². The lowest BCUT2D eigenvalue weighted by molar-refractivity contribution is -0.211. The van der Waals surface area contributed by atoms with Crippen LogP contribution < -0.4 is 34.3 Å². The number of phenols is 3. The Hall–Kier alpha value is -6.35. The van der Waals surface area contributed by atoms with Crippen molar-refractivity contribution in [3.8, 4) is 46.0 Å². The topological polar surface area (TPSA) is 347 Å². The average molecular weight is 1520 g/mol. The summed E-state index contributed by atoms with van der Waals surface area (Å²) >= 11 is 5.14. The van der Waals surface area contributed by atoms with Crippen LogP contribution in [0.2, 0.25) is 0 Å². The number of hydrogen-bond donors (Lipinski definition) is 12. The zero-order chi connectivity index (χ0) is 74.3. The molecular formula is C85H105ClN4O19. The van der Waals surface area contributed by atoms with Gasteiger partial charge in [-0.1, -0.05) is 57.4 Å². The lowest BCUT2D eigenvalue weighted by Crippen LogP contribution is -2.77. The van der Waals surface area contributed by atoms with E-state index in [4.69, 9.17) is 35.3 Å². The maximum atomic E-state index is 13.3. The van der Waals surface area contributed by atoms with Crippen LogP contribution >= 0.6 is 11.6 Å². The number of hydrogen-bond acceptors (Lipinski definition) is 22. The molecule has 0 unspecified atom stereocenters. The van der Waals surface area contributed by atoms with Gasteiger partial charge in [-0.05, 0) is 231 Å². The lowest BCUT2D eigenvalue weighted by atomic mass is 9.48. The number of rotatable bonds is 6. The predicted molar refractivity (Wildman–Crippen MR) is 395 cm³/mol. The normalized spacial score (nSPS) is 40.5. The molecule has 8 heterocycles. The number of esters is 1. The van der Waals surface area contributed by atoms with Crippen molar-refractivity contribution in [1.82, 2.24) is 20.4 Å². The molecule has 4 aromatic carbocycles. The number of likely N-dealkylation sites (tertiary alicyclic amines) is 2. The van der Waals surface area contributed by atoms with Gasteiger partial charge in [0.1, 0.15) is 18.3 Å². The van der Waals surface area contributed by atoms with Crippen molar-refractivity contribution in [1.29, 1.82) is 0 Å². The van der Waals surface area contributed by atoms with Crippen LogP contribution in [0.3, 0.4) is 0 Å². The molecule has 24 heteroatoms. The number of halogens is 1. The minimum absolute atomic E-state index is 0. The van der Waals surface area contributed by atoms with Crippen molar-refractivity contribution >= 4 is 34.5 Å². The van der Waals surface area contributed by atoms with Crippen molar-refractivity contribution in [2.45, 2.75) is 298 Å². The van der Waals surface area contributed by atoms with Gasteiger partial charge in [0.05, 0.1) is 74.3 Å².